The number of hydrogen-bond acceptors (Lipinski definition) is 2. The number of hydrogen-bond donors (Lipinski definition) is 0. The summed E-state index contributed by atoms with van der Waals surface area (Å²) in [5.74, 6) is 2.36. The summed E-state index contributed by atoms with van der Waals surface area (Å²) in [4.78, 5) is 15.6. The zero-order valence-corrected chi connectivity index (χ0v) is 14.0. The number of rotatable bonds is 4. The molecule has 2 aliphatic rings. The van der Waals surface area contributed by atoms with E-state index in [4.69, 9.17) is 0 Å². The van der Waals surface area contributed by atoms with Crippen molar-refractivity contribution >= 4 is 5.78 Å². The lowest BCUT2D eigenvalue weighted by Gasteiger charge is -2.45. The Hall–Kier alpha value is -0.370. The number of Topliss-reactive ketones (excluding diaryl/α,β-unsaturated/α-hetero) is 1. The van der Waals surface area contributed by atoms with E-state index in [-0.39, 0.29) is 5.54 Å². The lowest BCUT2D eigenvalue weighted by atomic mass is 9.70. The Morgan fingerprint density at radius 1 is 1.10 bits per heavy atom. The fourth-order valence-electron chi connectivity index (χ4n) is 4.17. The van der Waals surface area contributed by atoms with Crippen LogP contribution in [0, 0.1) is 17.8 Å². The molecule has 20 heavy (non-hydrogen) atoms. The molecule has 1 aliphatic carbocycles. The number of likely N-dealkylation sites (tertiary alicyclic amines) is 1. The highest BCUT2D eigenvalue weighted by Gasteiger charge is 2.42. The van der Waals surface area contributed by atoms with Gasteiger partial charge in [-0.2, -0.15) is 0 Å². The molecule has 0 spiro atoms. The fourth-order valence-corrected chi connectivity index (χ4v) is 4.17. The van der Waals surface area contributed by atoms with Crippen LogP contribution in [0.5, 0.6) is 0 Å². The monoisotopic (exact) mass is 279 g/mol. The predicted octanol–water partition coefficient (Wildman–Crippen LogP) is 4.28. The lowest BCUT2D eigenvalue weighted by Crippen LogP contribution is -2.56. The van der Waals surface area contributed by atoms with Gasteiger partial charge in [0.2, 0.25) is 0 Å². The van der Waals surface area contributed by atoms with E-state index in [0.717, 1.165) is 38.3 Å². The Bertz CT molecular complexity index is 334. The molecule has 4 atom stereocenters. The molecule has 0 aromatic heterocycles. The molecule has 0 amide bonds. The van der Waals surface area contributed by atoms with Crippen molar-refractivity contribution in [2.45, 2.75) is 78.2 Å². The molecule has 1 aliphatic heterocycles. The van der Waals surface area contributed by atoms with Gasteiger partial charge in [0.05, 0.1) is 5.54 Å². The number of carbonyl (C=O) groups excluding carboxylic acids is 1. The Labute approximate surface area is 125 Å². The summed E-state index contributed by atoms with van der Waals surface area (Å²) < 4.78 is 0. The maximum absolute atomic E-state index is 13.2. The van der Waals surface area contributed by atoms with Crippen LogP contribution in [-0.2, 0) is 4.79 Å². The van der Waals surface area contributed by atoms with Gasteiger partial charge in [0.15, 0.2) is 5.78 Å². The van der Waals surface area contributed by atoms with E-state index in [9.17, 15) is 4.79 Å². The summed E-state index contributed by atoms with van der Waals surface area (Å²) in [6.45, 7) is 11.3. The minimum Gasteiger partial charge on any atom is -0.297 e. The third-order valence-electron chi connectivity index (χ3n) is 6.24. The van der Waals surface area contributed by atoms with E-state index in [2.05, 4.69) is 32.6 Å². The van der Waals surface area contributed by atoms with Gasteiger partial charge in [-0.05, 0) is 70.4 Å². The van der Waals surface area contributed by atoms with Crippen LogP contribution in [0.4, 0.5) is 0 Å². The molecule has 2 heteroatoms. The second-order valence-electron chi connectivity index (χ2n) is 7.50. The normalized spacial score (nSPS) is 35.5. The average molecular weight is 279 g/mol. The second-order valence-corrected chi connectivity index (χ2v) is 7.50. The van der Waals surface area contributed by atoms with Crippen molar-refractivity contribution in [2.75, 3.05) is 13.1 Å². The molecular formula is C18H33NO. The highest BCUT2D eigenvalue weighted by Crippen LogP contribution is 2.38. The van der Waals surface area contributed by atoms with Gasteiger partial charge < -0.3 is 0 Å². The van der Waals surface area contributed by atoms with Crippen LogP contribution in [0.1, 0.15) is 72.6 Å². The molecule has 0 aromatic rings. The van der Waals surface area contributed by atoms with Gasteiger partial charge in [0, 0.05) is 5.92 Å². The topological polar surface area (TPSA) is 20.3 Å². The quantitative estimate of drug-likeness (QED) is 0.765. The molecule has 0 bridgehead atoms. The number of nitrogens with zero attached hydrogens (tertiary/aromatic N) is 1. The van der Waals surface area contributed by atoms with Crippen molar-refractivity contribution in [3.63, 3.8) is 0 Å². The third-order valence-corrected chi connectivity index (χ3v) is 6.24. The highest BCUT2D eigenvalue weighted by atomic mass is 16.1. The van der Waals surface area contributed by atoms with Crippen LogP contribution in [0.25, 0.3) is 0 Å². The SMILES string of the molecule is CCC(C)(C(=O)C1CCC(C)C(C)C1)N1CCCCC1. The molecule has 116 valence electrons. The van der Waals surface area contributed by atoms with Gasteiger partial charge in [0.1, 0.15) is 0 Å². The van der Waals surface area contributed by atoms with Crippen LogP contribution in [0.3, 0.4) is 0 Å². The third kappa shape index (κ3) is 3.10. The molecule has 4 unspecified atom stereocenters. The number of ketones is 1. The van der Waals surface area contributed by atoms with Crippen molar-refractivity contribution in [1.82, 2.24) is 4.90 Å². The summed E-state index contributed by atoms with van der Waals surface area (Å²) in [5.41, 5.74) is -0.203. The molecule has 0 radical (unpaired) electrons. The van der Waals surface area contributed by atoms with Gasteiger partial charge in [-0.15, -0.1) is 0 Å². The maximum atomic E-state index is 13.2. The molecule has 2 nitrogen and oxygen atoms in total. The van der Waals surface area contributed by atoms with E-state index in [1.807, 2.05) is 0 Å². The Morgan fingerprint density at radius 2 is 1.75 bits per heavy atom. The summed E-state index contributed by atoms with van der Waals surface area (Å²) in [6.07, 6.45) is 8.30. The number of carbonyl (C=O) groups is 1. The van der Waals surface area contributed by atoms with Gasteiger partial charge in [0.25, 0.3) is 0 Å². The van der Waals surface area contributed by atoms with Crippen LogP contribution < -0.4 is 0 Å². The Balaban J connectivity index is 2.07. The molecule has 1 saturated carbocycles. The van der Waals surface area contributed by atoms with Crippen LogP contribution >= 0.6 is 0 Å². The summed E-state index contributed by atoms with van der Waals surface area (Å²) in [7, 11) is 0. The van der Waals surface area contributed by atoms with Crippen molar-refractivity contribution in [3.8, 4) is 0 Å². The minimum absolute atomic E-state index is 0.203. The van der Waals surface area contributed by atoms with Crippen LogP contribution in [-0.4, -0.2) is 29.3 Å². The molecule has 0 N–H and O–H groups in total. The van der Waals surface area contributed by atoms with Gasteiger partial charge >= 0.3 is 0 Å². The van der Waals surface area contributed by atoms with Gasteiger partial charge in [-0.25, -0.2) is 0 Å². The largest absolute Gasteiger partial charge is 0.297 e. The zero-order chi connectivity index (χ0) is 14.8. The van der Waals surface area contributed by atoms with Crippen molar-refractivity contribution < 1.29 is 4.79 Å². The minimum atomic E-state index is -0.203. The number of piperidine rings is 1. The van der Waals surface area contributed by atoms with Gasteiger partial charge in [-0.1, -0.05) is 27.2 Å². The molecule has 2 rings (SSSR count). The average Bonchev–Trinajstić information content (AvgIpc) is 2.49. The summed E-state index contributed by atoms with van der Waals surface area (Å²) in [6, 6.07) is 0. The first-order valence-corrected chi connectivity index (χ1v) is 8.78. The maximum Gasteiger partial charge on any atom is 0.155 e. The van der Waals surface area contributed by atoms with Crippen molar-refractivity contribution in [2.24, 2.45) is 17.8 Å². The fraction of sp³-hybridized carbons (Fsp3) is 0.944. The smallest absolute Gasteiger partial charge is 0.155 e. The molecule has 1 saturated heterocycles. The van der Waals surface area contributed by atoms with E-state index in [1.54, 1.807) is 0 Å². The summed E-state index contributed by atoms with van der Waals surface area (Å²) >= 11 is 0. The first kappa shape index (κ1) is 16.0. The molecule has 1 heterocycles. The second kappa shape index (κ2) is 6.60. The lowest BCUT2D eigenvalue weighted by molar-refractivity contribution is -0.137. The van der Waals surface area contributed by atoms with Crippen LogP contribution in [0.15, 0.2) is 0 Å². The van der Waals surface area contributed by atoms with Crippen molar-refractivity contribution in [1.29, 1.82) is 0 Å². The highest BCUT2D eigenvalue weighted by molar-refractivity contribution is 5.90. The standard InChI is InChI=1S/C18H33NO/c1-5-18(4,19-11-7-6-8-12-19)17(20)16-10-9-14(2)15(3)13-16/h14-16H,5-13H2,1-4H3. The van der Waals surface area contributed by atoms with Gasteiger partial charge in [-0.3, -0.25) is 9.69 Å². The predicted molar refractivity (Wildman–Crippen MR) is 84.8 cm³/mol. The Morgan fingerprint density at radius 3 is 2.30 bits per heavy atom. The van der Waals surface area contributed by atoms with E-state index < -0.39 is 0 Å². The van der Waals surface area contributed by atoms with Crippen LogP contribution in [0.2, 0.25) is 0 Å². The summed E-state index contributed by atoms with van der Waals surface area (Å²) in [5, 5.41) is 0. The van der Waals surface area contributed by atoms with Crippen molar-refractivity contribution in [3.05, 3.63) is 0 Å². The van der Waals surface area contributed by atoms with E-state index >= 15 is 0 Å². The van der Waals surface area contributed by atoms with E-state index in [0.29, 0.717) is 17.6 Å². The first-order valence-electron chi connectivity index (χ1n) is 8.78. The Kier molecular flexibility index (Phi) is 5.28. The van der Waals surface area contributed by atoms with E-state index in [1.165, 1.54) is 25.7 Å². The molecular weight excluding hydrogens is 246 g/mol. The molecule has 2 fully saturated rings. The first-order chi connectivity index (χ1) is 9.49. The zero-order valence-electron chi connectivity index (χ0n) is 14.0. The molecule has 0 aromatic carbocycles.